The highest BCUT2D eigenvalue weighted by atomic mass is 32.2. The molecule has 1 aromatic carbocycles. The molecule has 2 aromatic rings. The van der Waals surface area contributed by atoms with Crippen LogP contribution >= 0.6 is 0 Å². The maximum absolute atomic E-state index is 14.9. The lowest BCUT2D eigenvalue weighted by Gasteiger charge is -2.26. The molecule has 1 N–H and O–H groups in total. The molecule has 28 heavy (non-hydrogen) atoms. The number of pyridine rings is 1. The average Bonchev–Trinajstić information content (AvgIpc) is 3.45. The van der Waals surface area contributed by atoms with Gasteiger partial charge in [-0.1, -0.05) is 0 Å². The first-order valence-corrected chi connectivity index (χ1v) is 11.0. The van der Waals surface area contributed by atoms with E-state index in [0.717, 1.165) is 11.1 Å². The lowest BCUT2D eigenvalue weighted by Crippen LogP contribution is -2.36. The van der Waals surface area contributed by atoms with Crippen LogP contribution < -0.4 is 9.62 Å². The van der Waals surface area contributed by atoms with Gasteiger partial charge in [-0.3, -0.25) is 9.78 Å². The van der Waals surface area contributed by atoms with Crippen molar-refractivity contribution in [2.75, 3.05) is 17.7 Å². The minimum Gasteiger partial charge on any atom is -0.315 e. The summed E-state index contributed by atoms with van der Waals surface area (Å²) in [5, 5.41) is 0. The van der Waals surface area contributed by atoms with Crippen molar-refractivity contribution in [1.82, 2.24) is 9.71 Å². The average molecular weight is 403 g/mol. The van der Waals surface area contributed by atoms with E-state index in [1.807, 2.05) is 0 Å². The fourth-order valence-electron chi connectivity index (χ4n) is 3.68. The number of carbonyl (C=O) groups is 1. The van der Waals surface area contributed by atoms with Gasteiger partial charge in [-0.2, -0.15) is 0 Å². The highest BCUT2D eigenvalue weighted by molar-refractivity contribution is 7.89. The van der Waals surface area contributed by atoms with Crippen LogP contribution in [-0.2, 0) is 26.8 Å². The lowest BCUT2D eigenvalue weighted by atomic mass is 9.95. The second-order valence-corrected chi connectivity index (χ2v) is 9.47. The van der Waals surface area contributed by atoms with Gasteiger partial charge in [0.1, 0.15) is 5.82 Å². The van der Waals surface area contributed by atoms with Crippen molar-refractivity contribution in [3.63, 3.8) is 0 Å². The lowest BCUT2D eigenvalue weighted by molar-refractivity contribution is -0.118. The number of nitrogens with one attached hydrogen (secondary N) is 1. The maximum Gasteiger partial charge on any atom is 0.227 e. The Hall–Kier alpha value is -2.32. The Kier molecular flexibility index (Phi) is 4.50. The summed E-state index contributed by atoms with van der Waals surface area (Å²) in [7, 11) is -1.71. The number of hydrogen-bond donors (Lipinski definition) is 1. The summed E-state index contributed by atoms with van der Waals surface area (Å²) in [5.74, 6) is -0.450. The molecule has 4 rings (SSSR count). The molecular weight excluding hydrogens is 381 g/mol. The van der Waals surface area contributed by atoms with Crippen LogP contribution in [0.3, 0.4) is 0 Å². The quantitative estimate of drug-likeness (QED) is 0.833. The summed E-state index contributed by atoms with van der Waals surface area (Å²) in [4.78, 5) is 17.6. The molecule has 148 valence electrons. The largest absolute Gasteiger partial charge is 0.315 e. The normalized spacial score (nSPS) is 18.1. The SMILES string of the molecule is CCS(=O)(=O)NC1(c2cncc(-c3cc4c(cc3F)N(C)C(=O)CC4)c2)CC1. The Labute approximate surface area is 163 Å². The molecule has 1 aliphatic heterocycles. The molecule has 2 heterocycles. The van der Waals surface area contributed by atoms with Crippen LogP contribution in [0.2, 0.25) is 0 Å². The zero-order valence-electron chi connectivity index (χ0n) is 15.8. The number of fused-ring (bicyclic) bond motifs is 1. The summed E-state index contributed by atoms with van der Waals surface area (Å²) in [6, 6.07) is 4.96. The molecule has 0 bridgehead atoms. The summed E-state index contributed by atoms with van der Waals surface area (Å²) >= 11 is 0. The number of sulfonamides is 1. The molecule has 0 atom stereocenters. The number of nitrogens with zero attached hydrogens (tertiary/aromatic N) is 2. The maximum atomic E-state index is 14.9. The van der Waals surface area contributed by atoms with E-state index in [0.29, 0.717) is 42.5 Å². The van der Waals surface area contributed by atoms with Gasteiger partial charge < -0.3 is 4.90 Å². The highest BCUT2D eigenvalue weighted by Crippen LogP contribution is 2.47. The molecule has 1 aromatic heterocycles. The minimum atomic E-state index is -3.36. The van der Waals surface area contributed by atoms with E-state index in [2.05, 4.69) is 9.71 Å². The van der Waals surface area contributed by atoms with Crippen LogP contribution in [0.4, 0.5) is 10.1 Å². The molecule has 0 unspecified atom stereocenters. The fraction of sp³-hybridized carbons (Fsp3) is 0.400. The highest BCUT2D eigenvalue weighted by Gasteiger charge is 2.47. The predicted molar refractivity (Wildman–Crippen MR) is 105 cm³/mol. The van der Waals surface area contributed by atoms with Crippen molar-refractivity contribution in [1.29, 1.82) is 0 Å². The van der Waals surface area contributed by atoms with Crippen LogP contribution in [0.5, 0.6) is 0 Å². The van der Waals surface area contributed by atoms with E-state index in [4.69, 9.17) is 0 Å². The van der Waals surface area contributed by atoms with Gasteiger partial charge in [0.2, 0.25) is 15.9 Å². The van der Waals surface area contributed by atoms with E-state index >= 15 is 0 Å². The van der Waals surface area contributed by atoms with Gasteiger partial charge in [0.15, 0.2) is 0 Å². The summed E-state index contributed by atoms with van der Waals surface area (Å²) in [6.45, 7) is 1.59. The number of aromatic nitrogens is 1. The Morgan fingerprint density at radius 1 is 1.21 bits per heavy atom. The molecule has 1 aliphatic carbocycles. The standard InChI is InChI=1S/C20H22FN3O3S/c1-3-28(26,27)23-20(6-7-20)15-8-14(11-22-12-15)16-9-13-4-5-19(25)24(2)18(13)10-17(16)21/h8-12,23H,3-7H2,1-2H3. The molecule has 8 heteroatoms. The molecule has 0 saturated heterocycles. The second kappa shape index (κ2) is 6.63. The molecule has 1 fully saturated rings. The van der Waals surface area contributed by atoms with Gasteiger partial charge in [0.05, 0.1) is 11.3 Å². The first kappa shape index (κ1) is 19.0. The van der Waals surface area contributed by atoms with Crippen molar-refractivity contribution < 1.29 is 17.6 Å². The zero-order valence-corrected chi connectivity index (χ0v) is 16.6. The topological polar surface area (TPSA) is 79.4 Å². The number of carbonyl (C=O) groups excluding carboxylic acids is 1. The van der Waals surface area contributed by atoms with Crippen LogP contribution in [0.25, 0.3) is 11.1 Å². The van der Waals surface area contributed by atoms with Crippen LogP contribution in [-0.4, -0.2) is 32.1 Å². The first-order chi connectivity index (χ1) is 13.2. The second-order valence-electron chi connectivity index (χ2n) is 7.46. The van der Waals surface area contributed by atoms with E-state index in [9.17, 15) is 17.6 Å². The van der Waals surface area contributed by atoms with Crippen LogP contribution in [0, 0.1) is 5.82 Å². The number of halogens is 1. The number of rotatable bonds is 5. The van der Waals surface area contributed by atoms with Crippen molar-refractivity contribution in [3.8, 4) is 11.1 Å². The van der Waals surface area contributed by atoms with Crippen molar-refractivity contribution in [2.24, 2.45) is 0 Å². The van der Waals surface area contributed by atoms with Gasteiger partial charge in [-0.05, 0) is 55.5 Å². The molecule has 6 nitrogen and oxygen atoms in total. The number of amides is 1. The first-order valence-electron chi connectivity index (χ1n) is 9.31. The summed E-state index contributed by atoms with van der Waals surface area (Å²) in [5.41, 5.74) is 2.61. The minimum absolute atomic E-state index is 0.00750. The third kappa shape index (κ3) is 3.31. The molecule has 1 saturated carbocycles. The Bertz CT molecular complexity index is 1060. The number of aryl methyl sites for hydroxylation is 1. The van der Waals surface area contributed by atoms with Crippen molar-refractivity contribution >= 4 is 21.6 Å². The monoisotopic (exact) mass is 403 g/mol. The summed E-state index contributed by atoms with van der Waals surface area (Å²) < 4.78 is 41.7. The third-order valence-electron chi connectivity index (χ3n) is 5.59. The van der Waals surface area contributed by atoms with Gasteiger partial charge in [0, 0.05) is 42.7 Å². The fourth-order valence-corrected chi connectivity index (χ4v) is 4.74. The van der Waals surface area contributed by atoms with E-state index in [1.165, 1.54) is 11.0 Å². The third-order valence-corrected chi connectivity index (χ3v) is 7.06. The summed E-state index contributed by atoms with van der Waals surface area (Å²) in [6.07, 6.45) is 5.57. The number of anilines is 1. The van der Waals surface area contributed by atoms with Gasteiger partial charge in [0.25, 0.3) is 0 Å². The number of hydrogen-bond acceptors (Lipinski definition) is 4. The zero-order chi connectivity index (χ0) is 20.1. The van der Waals surface area contributed by atoms with Crippen molar-refractivity contribution in [2.45, 2.75) is 38.1 Å². The van der Waals surface area contributed by atoms with Gasteiger partial charge in [-0.15, -0.1) is 0 Å². The van der Waals surface area contributed by atoms with E-state index < -0.39 is 21.4 Å². The van der Waals surface area contributed by atoms with Crippen LogP contribution in [0.1, 0.15) is 37.3 Å². The van der Waals surface area contributed by atoms with Gasteiger partial charge >= 0.3 is 0 Å². The molecule has 1 amide bonds. The van der Waals surface area contributed by atoms with E-state index in [-0.39, 0.29) is 11.7 Å². The molecule has 0 spiro atoms. The molecular formula is C20H22FN3O3S. The Balaban J connectivity index is 1.72. The predicted octanol–water partition coefficient (Wildman–Crippen LogP) is 2.73. The van der Waals surface area contributed by atoms with Gasteiger partial charge in [-0.25, -0.2) is 17.5 Å². The van der Waals surface area contributed by atoms with E-state index in [1.54, 1.807) is 38.5 Å². The Morgan fingerprint density at radius 3 is 2.64 bits per heavy atom. The number of benzene rings is 1. The molecule has 2 aliphatic rings. The molecule has 0 radical (unpaired) electrons. The van der Waals surface area contributed by atoms with Crippen molar-refractivity contribution in [3.05, 3.63) is 47.5 Å². The van der Waals surface area contributed by atoms with Crippen LogP contribution in [0.15, 0.2) is 30.6 Å². The Morgan fingerprint density at radius 2 is 1.96 bits per heavy atom. The smallest absolute Gasteiger partial charge is 0.227 e.